The van der Waals surface area contributed by atoms with Crippen LogP contribution < -0.4 is 0 Å². The first-order valence-electron chi connectivity index (χ1n) is 7.92. The lowest BCUT2D eigenvalue weighted by molar-refractivity contribution is -0.133. The van der Waals surface area contributed by atoms with Gasteiger partial charge in [-0.25, -0.2) is 4.98 Å². The zero-order chi connectivity index (χ0) is 15.4. The molecule has 2 unspecified atom stereocenters. The Labute approximate surface area is 131 Å². The minimum Gasteiger partial charge on any atom is -0.481 e. The Bertz CT molecular complexity index is 485. The van der Waals surface area contributed by atoms with Gasteiger partial charge < -0.3 is 9.67 Å². The summed E-state index contributed by atoms with van der Waals surface area (Å²) < 4.78 is 2.34. The summed E-state index contributed by atoms with van der Waals surface area (Å²) in [6.07, 6.45) is 8.24. The molecule has 1 aliphatic carbocycles. The van der Waals surface area contributed by atoms with E-state index in [1.165, 1.54) is 49.6 Å². The second kappa shape index (κ2) is 7.34. The van der Waals surface area contributed by atoms with E-state index >= 15 is 0 Å². The Hall–Kier alpha value is -0.970. The molecule has 2 rings (SSSR count). The number of imidazole rings is 1. The fourth-order valence-electron chi connectivity index (χ4n) is 3.21. The van der Waals surface area contributed by atoms with Crippen molar-refractivity contribution < 1.29 is 9.90 Å². The SMILES string of the molecule is CC(C)c1cnc(SCC(=O)O)n1C1CCCCCC1C. The molecule has 21 heavy (non-hydrogen) atoms. The van der Waals surface area contributed by atoms with E-state index in [4.69, 9.17) is 5.11 Å². The second-order valence-corrected chi connectivity index (χ2v) is 7.30. The van der Waals surface area contributed by atoms with Crippen LogP contribution in [0.5, 0.6) is 0 Å². The lowest BCUT2D eigenvalue weighted by atomic mass is 9.96. The minimum atomic E-state index is -0.783. The van der Waals surface area contributed by atoms with Crippen molar-refractivity contribution in [3.63, 3.8) is 0 Å². The number of carboxylic acid groups (broad SMARTS) is 1. The highest BCUT2D eigenvalue weighted by molar-refractivity contribution is 7.99. The predicted octanol–water partition coefficient (Wildman–Crippen LogP) is 4.32. The van der Waals surface area contributed by atoms with Crippen molar-refractivity contribution in [2.45, 2.75) is 70.0 Å². The summed E-state index contributed by atoms with van der Waals surface area (Å²) in [5.41, 5.74) is 1.24. The summed E-state index contributed by atoms with van der Waals surface area (Å²) in [6.45, 7) is 6.69. The number of rotatable bonds is 5. The molecule has 1 N–H and O–H groups in total. The molecule has 1 heterocycles. The molecular weight excluding hydrogens is 284 g/mol. The first-order valence-corrected chi connectivity index (χ1v) is 8.91. The molecule has 0 amide bonds. The summed E-state index contributed by atoms with van der Waals surface area (Å²) in [5, 5.41) is 9.81. The normalized spacial score (nSPS) is 23.2. The molecule has 5 heteroatoms. The number of hydrogen-bond acceptors (Lipinski definition) is 3. The maximum atomic E-state index is 10.9. The molecule has 0 spiro atoms. The van der Waals surface area contributed by atoms with Gasteiger partial charge in [-0.15, -0.1) is 0 Å². The van der Waals surface area contributed by atoms with E-state index in [1.54, 1.807) is 0 Å². The number of carbonyl (C=O) groups is 1. The van der Waals surface area contributed by atoms with Crippen LogP contribution >= 0.6 is 11.8 Å². The third-order valence-electron chi connectivity index (χ3n) is 4.36. The summed E-state index contributed by atoms with van der Waals surface area (Å²) in [4.78, 5) is 15.4. The average molecular weight is 310 g/mol. The first-order chi connectivity index (χ1) is 10.0. The Morgan fingerprint density at radius 1 is 1.43 bits per heavy atom. The van der Waals surface area contributed by atoms with Gasteiger partial charge in [0.05, 0.1) is 5.75 Å². The highest BCUT2D eigenvalue weighted by Crippen LogP contribution is 2.37. The van der Waals surface area contributed by atoms with Crippen molar-refractivity contribution >= 4 is 17.7 Å². The molecule has 2 atom stereocenters. The van der Waals surface area contributed by atoms with Crippen molar-refractivity contribution in [3.05, 3.63) is 11.9 Å². The molecular formula is C16H26N2O2S. The van der Waals surface area contributed by atoms with E-state index in [0.29, 0.717) is 17.9 Å². The van der Waals surface area contributed by atoms with Gasteiger partial charge in [0.1, 0.15) is 0 Å². The van der Waals surface area contributed by atoms with Crippen molar-refractivity contribution in [3.8, 4) is 0 Å². The Balaban J connectivity index is 2.32. The number of nitrogens with zero attached hydrogens (tertiary/aromatic N) is 2. The lowest BCUT2D eigenvalue weighted by Gasteiger charge is -2.27. The van der Waals surface area contributed by atoms with Gasteiger partial charge in [0, 0.05) is 17.9 Å². The molecule has 0 bridgehead atoms. The van der Waals surface area contributed by atoms with Crippen LogP contribution in [0.1, 0.15) is 70.5 Å². The molecule has 1 aromatic rings. The summed E-state index contributed by atoms with van der Waals surface area (Å²) in [6, 6.07) is 0.462. The van der Waals surface area contributed by atoms with E-state index in [9.17, 15) is 4.79 Å². The Morgan fingerprint density at radius 2 is 2.14 bits per heavy atom. The molecule has 1 aliphatic rings. The van der Waals surface area contributed by atoms with E-state index in [2.05, 4.69) is 30.3 Å². The average Bonchev–Trinajstić information content (AvgIpc) is 2.73. The number of hydrogen-bond donors (Lipinski definition) is 1. The van der Waals surface area contributed by atoms with Crippen molar-refractivity contribution in [1.82, 2.24) is 9.55 Å². The number of aromatic nitrogens is 2. The Morgan fingerprint density at radius 3 is 2.81 bits per heavy atom. The third kappa shape index (κ3) is 4.02. The maximum Gasteiger partial charge on any atom is 0.313 e. The van der Waals surface area contributed by atoms with Gasteiger partial charge in [0.25, 0.3) is 0 Å². The first kappa shape index (κ1) is 16.4. The molecule has 0 saturated heterocycles. The van der Waals surface area contributed by atoms with Crippen LogP contribution in [0, 0.1) is 5.92 Å². The van der Waals surface area contributed by atoms with Gasteiger partial charge in [-0.2, -0.15) is 0 Å². The summed E-state index contributed by atoms with van der Waals surface area (Å²) in [7, 11) is 0. The molecule has 1 fully saturated rings. The van der Waals surface area contributed by atoms with E-state index < -0.39 is 5.97 Å². The van der Waals surface area contributed by atoms with Gasteiger partial charge >= 0.3 is 5.97 Å². The second-order valence-electron chi connectivity index (χ2n) is 6.36. The molecule has 0 aliphatic heterocycles. The van der Waals surface area contributed by atoms with E-state index in [-0.39, 0.29) is 5.75 Å². The minimum absolute atomic E-state index is 0.0790. The third-order valence-corrected chi connectivity index (χ3v) is 5.31. The molecule has 4 nitrogen and oxygen atoms in total. The van der Waals surface area contributed by atoms with Crippen molar-refractivity contribution in [2.75, 3.05) is 5.75 Å². The van der Waals surface area contributed by atoms with E-state index in [0.717, 1.165) is 5.16 Å². The van der Waals surface area contributed by atoms with Gasteiger partial charge in [-0.3, -0.25) is 4.79 Å². The van der Waals surface area contributed by atoms with Gasteiger partial charge in [0.2, 0.25) is 0 Å². The summed E-state index contributed by atoms with van der Waals surface area (Å²) >= 11 is 1.35. The predicted molar refractivity (Wildman–Crippen MR) is 86.0 cm³/mol. The molecule has 0 aromatic carbocycles. The van der Waals surface area contributed by atoms with Gasteiger partial charge in [-0.05, 0) is 24.7 Å². The van der Waals surface area contributed by atoms with Gasteiger partial charge in [-0.1, -0.05) is 51.8 Å². The van der Waals surface area contributed by atoms with Crippen LogP contribution in [0.2, 0.25) is 0 Å². The standard InChI is InChI=1S/C16H26N2O2S/c1-11(2)14-9-17-16(21-10-15(19)20)18(14)13-8-6-4-5-7-12(13)3/h9,11-13H,4-8,10H2,1-3H3,(H,19,20). The topological polar surface area (TPSA) is 55.1 Å². The number of aliphatic carboxylic acids is 1. The van der Waals surface area contributed by atoms with Crippen LogP contribution in [-0.2, 0) is 4.79 Å². The van der Waals surface area contributed by atoms with E-state index in [1.807, 2.05) is 6.20 Å². The monoisotopic (exact) mass is 310 g/mol. The highest BCUT2D eigenvalue weighted by atomic mass is 32.2. The van der Waals surface area contributed by atoms with Crippen LogP contribution in [0.4, 0.5) is 0 Å². The van der Waals surface area contributed by atoms with Crippen LogP contribution in [0.3, 0.4) is 0 Å². The number of thioether (sulfide) groups is 1. The smallest absolute Gasteiger partial charge is 0.313 e. The summed E-state index contributed by atoms with van der Waals surface area (Å²) in [5.74, 6) is 0.334. The number of carboxylic acids is 1. The van der Waals surface area contributed by atoms with Crippen LogP contribution in [0.25, 0.3) is 0 Å². The molecule has 1 saturated carbocycles. The zero-order valence-electron chi connectivity index (χ0n) is 13.2. The largest absolute Gasteiger partial charge is 0.481 e. The Kier molecular flexibility index (Phi) is 5.73. The maximum absolute atomic E-state index is 10.9. The zero-order valence-corrected chi connectivity index (χ0v) is 14.0. The van der Waals surface area contributed by atoms with Crippen LogP contribution in [0.15, 0.2) is 11.4 Å². The molecule has 0 radical (unpaired) electrons. The quantitative estimate of drug-likeness (QED) is 0.650. The fourth-order valence-corrected chi connectivity index (χ4v) is 3.97. The van der Waals surface area contributed by atoms with Crippen molar-refractivity contribution in [1.29, 1.82) is 0 Å². The van der Waals surface area contributed by atoms with Crippen molar-refractivity contribution in [2.24, 2.45) is 5.92 Å². The van der Waals surface area contributed by atoms with Gasteiger partial charge in [0.15, 0.2) is 5.16 Å². The fraction of sp³-hybridized carbons (Fsp3) is 0.750. The lowest BCUT2D eigenvalue weighted by Crippen LogP contribution is -2.20. The molecule has 1 aromatic heterocycles. The van der Waals surface area contributed by atoms with Crippen LogP contribution in [-0.4, -0.2) is 26.4 Å². The molecule has 118 valence electrons. The highest BCUT2D eigenvalue weighted by Gasteiger charge is 2.27.